The van der Waals surface area contributed by atoms with Crippen molar-refractivity contribution in [2.45, 2.75) is 39.5 Å². The lowest BCUT2D eigenvalue weighted by molar-refractivity contribution is 0.0697. The minimum absolute atomic E-state index is 0.287. The number of benzene rings is 2. The molecule has 0 spiro atoms. The molecule has 1 fully saturated rings. The molecule has 31 heavy (non-hydrogen) atoms. The van der Waals surface area contributed by atoms with Crippen molar-refractivity contribution in [1.82, 2.24) is 0 Å². The molecule has 0 saturated carbocycles. The SMILES string of the molecule is CCCCN(CCCC)c1cc(C(=O)O)cc(N2CCOCC2)c1Oc1ccccc1. The van der Waals surface area contributed by atoms with E-state index in [0.717, 1.165) is 61.6 Å². The molecule has 0 aliphatic carbocycles. The van der Waals surface area contributed by atoms with Gasteiger partial charge in [0.05, 0.1) is 30.2 Å². The Kier molecular flexibility index (Phi) is 8.59. The maximum absolute atomic E-state index is 12.0. The quantitative estimate of drug-likeness (QED) is 0.518. The molecule has 2 aromatic carbocycles. The molecule has 0 unspecified atom stereocenters. The lowest BCUT2D eigenvalue weighted by Gasteiger charge is -2.34. The second kappa shape index (κ2) is 11.6. The average Bonchev–Trinajstić information content (AvgIpc) is 2.80. The van der Waals surface area contributed by atoms with E-state index in [1.807, 2.05) is 30.3 Å². The minimum Gasteiger partial charge on any atom is -0.478 e. The standard InChI is InChI=1S/C25H34N2O4/c1-3-5-12-26(13-6-4-2)22-18-20(25(28)29)19-23(27-14-16-30-17-15-27)24(22)31-21-10-8-7-9-11-21/h7-11,18-19H,3-6,12-17H2,1-2H3,(H,28,29). The number of carboxylic acids is 1. The van der Waals surface area contributed by atoms with E-state index in [2.05, 4.69) is 23.6 Å². The van der Waals surface area contributed by atoms with E-state index in [0.29, 0.717) is 26.3 Å². The molecule has 1 aliphatic rings. The Morgan fingerprint density at radius 3 is 2.29 bits per heavy atom. The van der Waals surface area contributed by atoms with Crippen LogP contribution in [0.2, 0.25) is 0 Å². The molecule has 0 aromatic heterocycles. The van der Waals surface area contributed by atoms with Crippen molar-refractivity contribution in [3.8, 4) is 11.5 Å². The number of carbonyl (C=O) groups is 1. The van der Waals surface area contributed by atoms with E-state index in [4.69, 9.17) is 9.47 Å². The fraction of sp³-hybridized carbons (Fsp3) is 0.480. The number of unbranched alkanes of at least 4 members (excludes halogenated alkanes) is 2. The maximum Gasteiger partial charge on any atom is 0.335 e. The van der Waals surface area contributed by atoms with Gasteiger partial charge in [0.15, 0.2) is 5.75 Å². The first-order chi connectivity index (χ1) is 15.1. The summed E-state index contributed by atoms with van der Waals surface area (Å²) in [7, 11) is 0. The molecule has 0 atom stereocenters. The fourth-order valence-electron chi connectivity index (χ4n) is 3.76. The number of anilines is 2. The van der Waals surface area contributed by atoms with Gasteiger partial charge in [-0.2, -0.15) is 0 Å². The van der Waals surface area contributed by atoms with Gasteiger partial charge in [0.1, 0.15) is 5.75 Å². The van der Waals surface area contributed by atoms with Crippen molar-refractivity contribution >= 4 is 17.3 Å². The first kappa shape index (κ1) is 22.9. The third-order valence-electron chi connectivity index (χ3n) is 5.52. The maximum atomic E-state index is 12.0. The third-order valence-corrected chi connectivity index (χ3v) is 5.52. The highest BCUT2D eigenvalue weighted by molar-refractivity contribution is 5.93. The molecule has 0 radical (unpaired) electrons. The molecular weight excluding hydrogens is 392 g/mol. The van der Waals surface area contributed by atoms with Crippen LogP contribution in [0.4, 0.5) is 11.4 Å². The first-order valence-corrected chi connectivity index (χ1v) is 11.4. The molecular formula is C25H34N2O4. The van der Waals surface area contributed by atoms with Crippen LogP contribution in [0.15, 0.2) is 42.5 Å². The molecule has 6 nitrogen and oxygen atoms in total. The van der Waals surface area contributed by atoms with Crippen molar-refractivity contribution in [3.05, 3.63) is 48.0 Å². The van der Waals surface area contributed by atoms with Gasteiger partial charge in [-0.3, -0.25) is 0 Å². The Bertz CT molecular complexity index is 827. The van der Waals surface area contributed by atoms with Gasteiger partial charge in [0, 0.05) is 26.2 Å². The highest BCUT2D eigenvalue weighted by atomic mass is 16.5. The van der Waals surface area contributed by atoms with E-state index in [-0.39, 0.29) is 5.56 Å². The molecule has 6 heteroatoms. The van der Waals surface area contributed by atoms with Crippen LogP contribution in [0.5, 0.6) is 11.5 Å². The van der Waals surface area contributed by atoms with E-state index < -0.39 is 5.97 Å². The number of hydrogen-bond donors (Lipinski definition) is 1. The van der Waals surface area contributed by atoms with Crippen molar-refractivity contribution in [3.63, 3.8) is 0 Å². The highest BCUT2D eigenvalue weighted by Gasteiger charge is 2.25. The number of rotatable bonds is 11. The molecule has 1 heterocycles. The van der Waals surface area contributed by atoms with Gasteiger partial charge >= 0.3 is 5.97 Å². The topological polar surface area (TPSA) is 62.2 Å². The number of morpholine rings is 1. The predicted octanol–water partition coefficient (Wildman–Crippen LogP) is 5.42. The zero-order chi connectivity index (χ0) is 22.1. The van der Waals surface area contributed by atoms with E-state index in [9.17, 15) is 9.90 Å². The van der Waals surface area contributed by atoms with Gasteiger partial charge in [-0.05, 0) is 37.1 Å². The molecule has 2 aromatic rings. The van der Waals surface area contributed by atoms with Gasteiger partial charge in [0.2, 0.25) is 0 Å². The zero-order valence-corrected chi connectivity index (χ0v) is 18.7. The summed E-state index contributed by atoms with van der Waals surface area (Å²) in [6.45, 7) is 8.73. The Morgan fingerprint density at radius 2 is 1.71 bits per heavy atom. The van der Waals surface area contributed by atoms with Crippen LogP contribution < -0.4 is 14.5 Å². The molecule has 1 saturated heterocycles. The molecule has 1 N–H and O–H groups in total. The molecule has 1 aliphatic heterocycles. The van der Waals surface area contributed by atoms with Gasteiger partial charge in [-0.1, -0.05) is 44.9 Å². The fourth-order valence-corrected chi connectivity index (χ4v) is 3.76. The van der Waals surface area contributed by atoms with E-state index in [1.54, 1.807) is 12.1 Å². The molecule has 0 bridgehead atoms. The summed E-state index contributed by atoms with van der Waals surface area (Å²) >= 11 is 0. The molecule has 3 rings (SSSR count). The molecule has 168 valence electrons. The highest BCUT2D eigenvalue weighted by Crippen LogP contribution is 2.43. The van der Waals surface area contributed by atoms with Crippen molar-refractivity contribution in [2.75, 3.05) is 49.2 Å². The normalized spacial score (nSPS) is 13.8. The Balaban J connectivity index is 2.13. The number of nitrogens with zero attached hydrogens (tertiary/aromatic N) is 2. The summed E-state index contributed by atoms with van der Waals surface area (Å²) in [5.41, 5.74) is 1.96. The van der Waals surface area contributed by atoms with Crippen LogP contribution in [-0.2, 0) is 4.74 Å². The first-order valence-electron chi connectivity index (χ1n) is 11.4. The van der Waals surface area contributed by atoms with Gasteiger partial charge in [0.25, 0.3) is 0 Å². The second-order valence-electron chi connectivity index (χ2n) is 7.86. The summed E-state index contributed by atoms with van der Waals surface area (Å²) in [6.07, 6.45) is 4.23. The predicted molar refractivity (Wildman–Crippen MR) is 125 cm³/mol. The Labute approximate surface area is 185 Å². The second-order valence-corrected chi connectivity index (χ2v) is 7.86. The van der Waals surface area contributed by atoms with Crippen LogP contribution in [0.1, 0.15) is 49.9 Å². The molecule has 0 amide bonds. The number of hydrogen-bond acceptors (Lipinski definition) is 5. The van der Waals surface area contributed by atoms with Crippen LogP contribution >= 0.6 is 0 Å². The minimum atomic E-state index is -0.923. The van der Waals surface area contributed by atoms with Gasteiger partial charge < -0.3 is 24.4 Å². The largest absolute Gasteiger partial charge is 0.478 e. The number of para-hydroxylation sites is 1. The van der Waals surface area contributed by atoms with Crippen LogP contribution in [0.3, 0.4) is 0 Å². The van der Waals surface area contributed by atoms with Crippen molar-refractivity contribution < 1.29 is 19.4 Å². The summed E-state index contributed by atoms with van der Waals surface area (Å²) in [5, 5.41) is 9.84. The monoisotopic (exact) mass is 426 g/mol. The smallest absolute Gasteiger partial charge is 0.335 e. The lowest BCUT2D eigenvalue weighted by atomic mass is 10.1. The van der Waals surface area contributed by atoms with E-state index >= 15 is 0 Å². The summed E-state index contributed by atoms with van der Waals surface area (Å²) in [5.74, 6) is 0.547. The summed E-state index contributed by atoms with van der Waals surface area (Å²) < 4.78 is 12.0. The van der Waals surface area contributed by atoms with Crippen LogP contribution in [0.25, 0.3) is 0 Å². The summed E-state index contributed by atoms with van der Waals surface area (Å²) in [4.78, 5) is 16.5. The van der Waals surface area contributed by atoms with Crippen molar-refractivity contribution in [2.24, 2.45) is 0 Å². The van der Waals surface area contributed by atoms with Crippen LogP contribution in [-0.4, -0.2) is 50.5 Å². The number of ether oxygens (including phenoxy) is 2. The average molecular weight is 427 g/mol. The third kappa shape index (κ3) is 6.14. The zero-order valence-electron chi connectivity index (χ0n) is 18.7. The Hall–Kier alpha value is -2.73. The summed E-state index contributed by atoms with van der Waals surface area (Å²) in [6, 6.07) is 13.2. The van der Waals surface area contributed by atoms with Crippen molar-refractivity contribution in [1.29, 1.82) is 0 Å². The van der Waals surface area contributed by atoms with Crippen LogP contribution in [0, 0.1) is 0 Å². The lowest BCUT2D eigenvalue weighted by Crippen LogP contribution is -2.37. The van der Waals surface area contributed by atoms with E-state index in [1.165, 1.54) is 0 Å². The number of carboxylic acid groups (broad SMARTS) is 1. The number of aromatic carboxylic acids is 1. The van der Waals surface area contributed by atoms with Gasteiger partial charge in [-0.25, -0.2) is 4.79 Å². The Morgan fingerprint density at radius 1 is 1.06 bits per heavy atom. The van der Waals surface area contributed by atoms with Gasteiger partial charge in [-0.15, -0.1) is 0 Å².